The first-order valence-electron chi connectivity index (χ1n) is 5.69. The summed E-state index contributed by atoms with van der Waals surface area (Å²) in [5.41, 5.74) is 5.39. The molecule has 4 N–H and O–H groups in total. The average Bonchev–Trinajstić information content (AvgIpc) is 2.40. The Morgan fingerprint density at radius 2 is 1.28 bits per heavy atom. The van der Waals surface area contributed by atoms with E-state index in [4.69, 9.17) is 24.4 Å². The van der Waals surface area contributed by atoms with E-state index in [0.717, 1.165) is 25.7 Å². The van der Waals surface area contributed by atoms with Crippen LogP contribution in [0.5, 0.6) is 0 Å². The molecule has 18 heavy (non-hydrogen) atoms. The van der Waals surface area contributed by atoms with E-state index in [1.54, 1.807) is 14.1 Å². The number of nitrogens with one attached hydrogen (secondary N) is 4. The minimum Gasteiger partial charge on any atom is -0.364 e. The van der Waals surface area contributed by atoms with E-state index in [2.05, 4.69) is 31.7 Å². The summed E-state index contributed by atoms with van der Waals surface area (Å²) in [6.45, 7) is 0. The van der Waals surface area contributed by atoms with E-state index in [9.17, 15) is 0 Å². The van der Waals surface area contributed by atoms with Gasteiger partial charge in [0.1, 0.15) is 0 Å². The largest absolute Gasteiger partial charge is 0.364 e. The molecule has 0 saturated carbocycles. The van der Waals surface area contributed by atoms with Gasteiger partial charge in [0.05, 0.1) is 0 Å². The lowest BCUT2D eigenvalue weighted by Crippen LogP contribution is -2.28. The highest BCUT2D eigenvalue weighted by molar-refractivity contribution is 7.80. The minimum atomic E-state index is 0.518. The van der Waals surface area contributed by atoms with Crippen LogP contribution < -0.4 is 21.5 Å². The molecule has 0 aromatic rings. The van der Waals surface area contributed by atoms with Crippen LogP contribution in [0.25, 0.3) is 0 Å². The summed E-state index contributed by atoms with van der Waals surface area (Å²) in [6, 6.07) is 0. The standard InChI is InChI=1S/C10H20N6S2/c1-11-9(17)15-13-7-5-3-4-6-8-14-16-10(18)12-2/h7-8H,3-6H2,1-2H3,(H2,11,15,17)(H2,12,16,18). The Bertz CT molecular complexity index is 273. The van der Waals surface area contributed by atoms with Gasteiger partial charge >= 0.3 is 0 Å². The quantitative estimate of drug-likeness (QED) is 0.239. The number of thiocarbonyl (C=S) groups is 2. The summed E-state index contributed by atoms with van der Waals surface area (Å²) in [4.78, 5) is 0. The highest BCUT2D eigenvalue weighted by Gasteiger charge is 1.87. The maximum absolute atomic E-state index is 4.86. The summed E-state index contributed by atoms with van der Waals surface area (Å²) in [5.74, 6) is 0. The molecule has 0 spiro atoms. The first-order valence-corrected chi connectivity index (χ1v) is 6.50. The fourth-order valence-corrected chi connectivity index (χ4v) is 1.03. The van der Waals surface area contributed by atoms with Crippen molar-refractivity contribution in [3.8, 4) is 0 Å². The van der Waals surface area contributed by atoms with Gasteiger partial charge in [-0.05, 0) is 50.1 Å². The van der Waals surface area contributed by atoms with Gasteiger partial charge in [0.2, 0.25) is 0 Å². The van der Waals surface area contributed by atoms with E-state index in [1.165, 1.54) is 0 Å². The summed E-state index contributed by atoms with van der Waals surface area (Å²) in [6.07, 6.45) is 7.56. The molecule has 0 aromatic carbocycles. The summed E-state index contributed by atoms with van der Waals surface area (Å²) < 4.78 is 0. The Kier molecular flexibility index (Phi) is 11.3. The van der Waals surface area contributed by atoms with Gasteiger partial charge in [-0.25, -0.2) is 0 Å². The Labute approximate surface area is 119 Å². The highest BCUT2D eigenvalue weighted by atomic mass is 32.1. The molecule has 0 aromatic heterocycles. The number of unbranched alkanes of at least 4 members (excludes halogenated alkanes) is 3. The molecule has 0 bridgehead atoms. The normalized spacial score (nSPS) is 10.6. The van der Waals surface area contributed by atoms with Crippen LogP contribution in [-0.4, -0.2) is 36.7 Å². The topological polar surface area (TPSA) is 72.8 Å². The Balaban J connectivity index is 3.35. The number of hydrogen-bond acceptors (Lipinski definition) is 4. The van der Waals surface area contributed by atoms with Gasteiger partial charge in [-0.1, -0.05) is 0 Å². The van der Waals surface area contributed by atoms with E-state index in [1.807, 2.05) is 12.4 Å². The molecule has 0 radical (unpaired) electrons. The zero-order valence-corrected chi connectivity index (χ0v) is 12.3. The fraction of sp³-hybridized carbons (Fsp3) is 0.600. The summed E-state index contributed by atoms with van der Waals surface area (Å²) in [5, 5.41) is 14.5. The summed E-state index contributed by atoms with van der Waals surface area (Å²) in [7, 11) is 3.50. The third-order valence-corrected chi connectivity index (χ3v) is 2.48. The smallest absolute Gasteiger partial charge is 0.186 e. The molecule has 0 saturated heterocycles. The van der Waals surface area contributed by atoms with E-state index >= 15 is 0 Å². The number of hydrazone groups is 2. The Morgan fingerprint density at radius 3 is 1.61 bits per heavy atom. The van der Waals surface area contributed by atoms with Crippen LogP contribution in [0.4, 0.5) is 0 Å². The molecule has 0 heterocycles. The van der Waals surface area contributed by atoms with E-state index in [-0.39, 0.29) is 0 Å². The molecule has 0 aliphatic heterocycles. The SMILES string of the molecule is CNC(=S)NN=CCCCCC=NNC(=S)NC. The van der Waals surface area contributed by atoms with E-state index in [0.29, 0.717) is 10.2 Å². The molecule has 0 amide bonds. The van der Waals surface area contributed by atoms with Gasteiger partial charge in [0.25, 0.3) is 0 Å². The number of hydrogen-bond donors (Lipinski definition) is 4. The fourth-order valence-electron chi connectivity index (χ4n) is 0.921. The molecule has 102 valence electrons. The first-order chi connectivity index (χ1) is 8.70. The lowest BCUT2D eigenvalue weighted by Gasteiger charge is -1.99. The Morgan fingerprint density at radius 1 is 0.889 bits per heavy atom. The second-order valence-corrected chi connectivity index (χ2v) is 4.11. The van der Waals surface area contributed by atoms with Crippen molar-refractivity contribution in [3.63, 3.8) is 0 Å². The minimum absolute atomic E-state index is 0.518. The monoisotopic (exact) mass is 288 g/mol. The van der Waals surface area contributed by atoms with Crippen molar-refractivity contribution < 1.29 is 0 Å². The molecule has 0 atom stereocenters. The zero-order valence-electron chi connectivity index (χ0n) is 10.7. The first kappa shape index (κ1) is 16.7. The van der Waals surface area contributed by atoms with E-state index < -0.39 is 0 Å². The van der Waals surface area contributed by atoms with Gasteiger partial charge < -0.3 is 10.6 Å². The highest BCUT2D eigenvalue weighted by Crippen LogP contribution is 1.95. The third kappa shape index (κ3) is 11.2. The van der Waals surface area contributed by atoms with Crippen LogP contribution in [0.1, 0.15) is 25.7 Å². The van der Waals surface area contributed by atoms with Gasteiger partial charge in [0.15, 0.2) is 10.2 Å². The van der Waals surface area contributed by atoms with Crippen molar-refractivity contribution in [1.29, 1.82) is 0 Å². The molecule has 6 nitrogen and oxygen atoms in total. The maximum Gasteiger partial charge on any atom is 0.186 e. The molecular weight excluding hydrogens is 268 g/mol. The van der Waals surface area contributed by atoms with Gasteiger partial charge in [-0.3, -0.25) is 10.9 Å². The van der Waals surface area contributed by atoms with Gasteiger partial charge in [-0.2, -0.15) is 10.2 Å². The van der Waals surface area contributed by atoms with Crippen LogP contribution in [0.2, 0.25) is 0 Å². The van der Waals surface area contributed by atoms with Crippen molar-refractivity contribution >= 4 is 47.1 Å². The summed E-state index contributed by atoms with van der Waals surface area (Å²) >= 11 is 9.72. The van der Waals surface area contributed by atoms with Crippen molar-refractivity contribution in [3.05, 3.63) is 0 Å². The average molecular weight is 288 g/mol. The molecule has 8 heteroatoms. The number of nitrogens with zero attached hydrogens (tertiary/aromatic N) is 2. The van der Waals surface area contributed by atoms with Crippen LogP contribution in [-0.2, 0) is 0 Å². The van der Waals surface area contributed by atoms with Crippen molar-refractivity contribution in [2.45, 2.75) is 25.7 Å². The third-order valence-electron chi connectivity index (χ3n) is 1.89. The molecule has 0 unspecified atom stereocenters. The van der Waals surface area contributed by atoms with Gasteiger partial charge in [0, 0.05) is 26.5 Å². The lowest BCUT2D eigenvalue weighted by molar-refractivity contribution is 0.798. The lowest BCUT2D eigenvalue weighted by atomic mass is 10.2. The van der Waals surface area contributed by atoms with Crippen LogP contribution in [0.15, 0.2) is 10.2 Å². The molecule has 0 aliphatic carbocycles. The molecule has 0 fully saturated rings. The predicted octanol–water partition coefficient (Wildman–Crippen LogP) is 0.706. The van der Waals surface area contributed by atoms with Gasteiger partial charge in [-0.15, -0.1) is 0 Å². The Hall–Kier alpha value is -1.28. The zero-order chi connectivity index (χ0) is 13.6. The second kappa shape index (κ2) is 12.2. The molecule has 0 aliphatic rings. The van der Waals surface area contributed by atoms with Crippen molar-refractivity contribution in [1.82, 2.24) is 21.5 Å². The van der Waals surface area contributed by atoms with Crippen LogP contribution in [0, 0.1) is 0 Å². The maximum atomic E-state index is 4.86. The van der Waals surface area contributed by atoms with Crippen molar-refractivity contribution in [2.75, 3.05) is 14.1 Å². The molecule has 0 rings (SSSR count). The predicted molar refractivity (Wildman–Crippen MR) is 85.0 cm³/mol. The molecular formula is C10H20N6S2. The van der Waals surface area contributed by atoms with Crippen LogP contribution >= 0.6 is 24.4 Å². The second-order valence-electron chi connectivity index (χ2n) is 3.29. The van der Waals surface area contributed by atoms with Crippen molar-refractivity contribution in [2.24, 2.45) is 10.2 Å². The number of rotatable bonds is 7. The van der Waals surface area contributed by atoms with Crippen LogP contribution in [0.3, 0.4) is 0 Å².